The molecule has 1 aromatic carbocycles. The summed E-state index contributed by atoms with van der Waals surface area (Å²) in [5, 5.41) is 8.97. The van der Waals surface area contributed by atoms with Crippen molar-refractivity contribution >= 4 is 5.82 Å². The Morgan fingerprint density at radius 3 is 2.82 bits per heavy atom. The molecule has 1 fully saturated rings. The number of nitrogens with zero attached hydrogens (tertiary/aromatic N) is 5. The van der Waals surface area contributed by atoms with Crippen molar-refractivity contribution < 1.29 is 0 Å². The van der Waals surface area contributed by atoms with E-state index in [1.165, 1.54) is 11.8 Å². The lowest BCUT2D eigenvalue weighted by molar-refractivity contribution is 0.216. The number of piperazine rings is 1. The summed E-state index contributed by atoms with van der Waals surface area (Å²) in [6.07, 6.45) is 4.26. The molecule has 1 aromatic heterocycles. The monoisotopic (exact) mass is 293 g/mol. The highest BCUT2D eigenvalue weighted by Crippen LogP contribution is 2.18. The van der Waals surface area contributed by atoms with Crippen molar-refractivity contribution in [1.29, 1.82) is 5.26 Å². The van der Waals surface area contributed by atoms with Crippen molar-refractivity contribution in [2.75, 3.05) is 31.6 Å². The molecule has 0 saturated carbocycles. The molecule has 2 aromatic rings. The van der Waals surface area contributed by atoms with Crippen molar-refractivity contribution in [1.82, 2.24) is 14.9 Å². The first kappa shape index (κ1) is 14.5. The van der Waals surface area contributed by atoms with Crippen LogP contribution in [0.25, 0.3) is 0 Å². The van der Waals surface area contributed by atoms with Crippen LogP contribution in [-0.2, 0) is 6.42 Å². The highest BCUT2D eigenvalue weighted by Gasteiger charge is 2.25. The Bertz CT molecular complexity index is 664. The molecule has 1 saturated heterocycles. The fourth-order valence-electron chi connectivity index (χ4n) is 2.82. The summed E-state index contributed by atoms with van der Waals surface area (Å²) in [5.74, 6) is 0.796. The van der Waals surface area contributed by atoms with Crippen LogP contribution in [0.3, 0.4) is 0 Å². The van der Waals surface area contributed by atoms with Crippen LogP contribution < -0.4 is 4.90 Å². The van der Waals surface area contributed by atoms with E-state index in [-0.39, 0.29) is 0 Å². The van der Waals surface area contributed by atoms with Crippen LogP contribution in [-0.4, -0.2) is 47.6 Å². The molecule has 0 N–H and O–H groups in total. The third kappa shape index (κ3) is 3.23. The minimum absolute atomic E-state index is 0.371. The van der Waals surface area contributed by atoms with Gasteiger partial charge in [-0.1, -0.05) is 30.3 Å². The molecule has 0 amide bonds. The minimum Gasteiger partial charge on any atom is -0.352 e. The number of likely N-dealkylation sites (N-methyl/N-ethyl adjacent to an activating group) is 1. The molecular weight excluding hydrogens is 274 g/mol. The lowest BCUT2D eigenvalue weighted by atomic mass is 10.0. The largest absolute Gasteiger partial charge is 0.352 e. The van der Waals surface area contributed by atoms with Crippen LogP contribution in [0.5, 0.6) is 0 Å². The maximum atomic E-state index is 8.97. The number of hydrogen-bond acceptors (Lipinski definition) is 5. The molecule has 112 valence electrons. The first-order valence-electron chi connectivity index (χ1n) is 7.47. The van der Waals surface area contributed by atoms with Gasteiger partial charge in [-0.05, 0) is 19.0 Å². The van der Waals surface area contributed by atoms with Crippen molar-refractivity contribution in [3.63, 3.8) is 0 Å². The lowest BCUT2D eigenvalue weighted by Gasteiger charge is -2.40. The van der Waals surface area contributed by atoms with E-state index in [0.29, 0.717) is 11.7 Å². The van der Waals surface area contributed by atoms with Gasteiger partial charge < -0.3 is 4.90 Å². The van der Waals surface area contributed by atoms with Crippen LogP contribution in [0, 0.1) is 11.3 Å². The van der Waals surface area contributed by atoms with Gasteiger partial charge in [0, 0.05) is 25.7 Å². The third-order valence-corrected chi connectivity index (χ3v) is 4.15. The Morgan fingerprint density at radius 1 is 1.23 bits per heavy atom. The number of rotatable bonds is 3. The quantitative estimate of drug-likeness (QED) is 0.862. The summed E-state index contributed by atoms with van der Waals surface area (Å²) >= 11 is 0. The topological polar surface area (TPSA) is 56.0 Å². The molecule has 0 bridgehead atoms. The second-order valence-corrected chi connectivity index (χ2v) is 5.64. The Hall–Kier alpha value is -2.45. The van der Waals surface area contributed by atoms with Crippen molar-refractivity contribution in [3.8, 4) is 6.07 Å². The Kier molecular flexibility index (Phi) is 4.31. The minimum atomic E-state index is 0.371. The number of anilines is 1. The average molecular weight is 293 g/mol. The number of benzene rings is 1. The van der Waals surface area contributed by atoms with Gasteiger partial charge >= 0.3 is 0 Å². The second kappa shape index (κ2) is 6.54. The van der Waals surface area contributed by atoms with Gasteiger partial charge in [0.25, 0.3) is 0 Å². The maximum Gasteiger partial charge on any atom is 0.161 e. The summed E-state index contributed by atoms with van der Waals surface area (Å²) < 4.78 is 0. The van der Waals surface area contributed by atoms with E-state index >= 15 is 0 Å². The standard InChI is InChI=1S/C17H19N5/c1-21-7-8-22(17-12-19-11-15(10-18)20-17)13-16(21)9-14-5-3-2-4-6-14/h2-6,11-12,16H,7-9,13H2,1H3/t16-/m0/s1. The van der Waals surface area contributed by atoms with E-state index in [2.05, 4.69) is 57.2 Å². The molecule has 1 aliphatic heterocycles. The van der Waals surface area contributed by atoms with Crippen LogP contribution in [0.4, 0.5) is 5.82 Å². The highest BCUT2D eigenvalue weighted by molar-refractivity contribution is 5.39. The van der Waals surface area contributed by atoms with Gasteiger partial charge in [-0.25, -0.2) is 4.98 Å². The zero-order chi connectivity index (χ0) is 15.4. The van der Waals surface area contributed by atoms with Gasteiger partial charge in [0.05, 0.1) is 12.4 Å². The van der Waals surface area contributed by atoms with Gasteiger partial charge in [-0.3, -0.25) is 9.88 Å². The predicted molar refractivity (Wildman–Crippen MR) is 85.5 cm³/mol. The first-order chi connectivity index (χ1) is 10.8. The molecule has 0 spiro atoms. The van der Waals surface area contributed by atoms with E-state index in [9.17, 15) is 0 Å². The lowest BCUT2D eigenvalue weighted by Crippen LogP contribution is -2.52. The molecule has 22 heavy (non-hydrogen) atoms. The van der Waals surface area contributed by atoms with Gasteiger partial charge in [-0.15, -0.1) is 0 Å². The predicted octanol–water partition coefficient (Wildman–Crippen LogP) is 1.71. The zero-order valence-electron chi connectivity index (χ0n) is 12.7. The van der Waals surface area contributed by atoms with Gasteiger partial charge in [0.1, 0.15) is 11.9 Å². The third-order valence-electron chi connectivity index (χ3n) is 4.15. The molecule has 0 radical (unpaired) electrons. The average Bonchev–Trinajstić information content (AvgIpc) is 2.58. The summed E-state index contributed by atoms with van der Waals surface area (Å²) in [6, 6.07) is 13.0. The van der Waals surface area contributed by atoms with E-state index in [0.717, 1.165) is 31.9 Å². The summed E-state index contributed by atoms with van der Waals surface area (Å²) in [7, 11) is 2.17. The summed E-state index contributed by atoms with van der Waals surface area (Å²) in [6.45, 7) is 2.79. The van der Waals surface area contributed by atoms with Gasteiger partial charge in [-0.2, -0.15) is 5.26 Å². The molecule has 2 heterocycles. The first-order valence-corrected chi connectivity index (χ1v) is 7.47. The normalized spacial score (nSPS) is 18.9. The molecule has 5 heteroatoms. The second-order valence-electron chi connectivity index (χ2n) is 5.64. The zero-order valence-corrected chi connectivity index (χ0v) is 12.7. The van der Waals surface area contributed by atoms with Crippen LogP contribution in [0.2, 0.25) is 0 Å². The summed E-state index contributed by atoms with van der Waals surface area (Å²) in [4.78, 5) is 13.1. The summed E-state index contributed by atoms with van der Waals surface area (Å²) in [5.41, 5.74) is 1.72. The molecule has 0 unspecified atom stereocenters. The van der Waals surface area contributed by atoms with Gasteiger partial charge in [0.15, 0.2) is 5.69 Å². The molecule has 1 atom stereocenters. The van der Waals surface area contributed by atoms with Crippen LogP contribution in [0.1, 0.15) is 11.3 Å². The van der Waals surface area contributed by atoms with Gasteiger partial charge in [0.2, 0.25) is 0 Å². The molecular formula is C17H19N5. The van der Waals surface area contributed by atoms with Crippen molar-refractivity contribution in [3.05, 3.63) is 54.0 Å². The highest BCUT2D eigenvalue weighted by atomic mass is 15.3. The SMILES string of the molecule is CN1CCN(c2cncc(C#N)n2)C[C@@H]1Cc1ccccc1. The molecule has 3 rings (SSSR count). The Balaban J connectivity index is 1.74. The Morgan fingerprint density at radius 2 is 2.05 bits per heavy atom. The van der Waals surface area contributed by atoms with Crippen LogP contribution in [0.15, 0.2) is 42.7 Å². The van der Waals surface area contributed by atoms with E-state index in [1.54, 1.807) is 6.20 Å². The number of aromatic nitrogens is 2. The smallest absolute Gasteiger partial charge is 0.161 e. The Labute approximate surface area is 130 Å². The molecule has 0 aliphatic carbocycles. The molecule has 1 aliphatic rings. The number of nitriles is 1. The van der Waals surface area contributed by atoms with Crippen molar-refractivity contribution in [2.24, 2.45) is 0 Å². The van der Waals surface area contributed by atoms with Crippen molar-refractivity contribution in [2.45, 2.75) is 12.5 Å². The fourth-order valence-corrected chi connectivity index (χ4v) is 2.82. The van der Waals surface area contributed by atoms with E-state index in [4.69, 9.17) is 5.26 Å². The number of hydrogen-bond donors (Lipinski definition) is 0. The maximum absolute atomic E-state index is 8.97. The van der Waals surface area contributed by atoms with E-state index < -0.39 is 0 Å². The fraction of sp³-hybridized carbons (Fsp3) is 0.353. The van der Waals surface area contributed by atoms with E-state index in [1.807, 2.05) is 6.07 Å². The van der Waals surface area contributed by atoms with Crippen LogP contribution >= 0.6 is 0 Å². The molecule has 5 nitrogen and oxygen atoms in total.